The molecule has 2 aliphatic rings. The van der Waals surface area contributed by atoms with Crippen LogP contribution in [0.2, 0.25) is 0 Å². The van der Waals surface area contributed by atoms with E-state index in [9.17, 15) is 19.2 Å². The molecule has 4 rings (SSSR count). The minimum atomic E-state index is -0.645. The smallest absolute Gasteiger partial charge is 0.319 e. The van der Waals surface area contributed by atoms with Gasteiger partial charge in [0, 0.05) is 37.3 Å². The van der Waals surface area contributed by atoms with Gasteiger partial charge in [-0.1, -0.05) is 18.2 Å². The Labute approximate surface area is 185 Å². The normalized spacial score (nSPS) is 17.8. The highest BCUT2D eigenvalue weighted by Crippen LogP contribution is 2.28. The molecular weight excluding hydrogens is 410 g/mol. The molecule has 1 saturated heterocycles. The quantitative estimate of drug-likeness (QED) is 0.529. The van der Waals surface area contributed by atoms with Crippen LogP contribution in [0, 0.1) is 6.92 Å². The van der Waals surface area contributed by atoms with E-state index >= 15 is 0 Å². The molecule has 0 radical (unpaired) electrons. The van der Waals surface area contributed by atoms with Gasteiger partial charge in [-0.2, -0.15) is 0 Å². The molecule has 1 atom stereocenters. The van der Waals surface area contributed by atoms with Gasteiger partial charge in [0.25, 0.3) is 5.91 Å². The standard InChI is InChI=1S/C23H25N5O4/c1-13-2-4-17(9-15(13)10-24)26-23(32)25-11-14-3-5-18-16(8-14)12-28(22(18)31)19-6-7-20(29)27-21(19)30/h2-5,8-9,19H,6-7,10-12,24H2,1H3,(H2,25,26,32)(H,27,29,30). The van der Waals surface area contributed by atoms with Crippen LogP contribution in [-0.2, 0) is 29.2 Å². The number of hydrogen-bond donors (Lipinski definition) is 4. The van der Waals surface area contributed by atoms with Crippen LogP contribution in [0.3, 0.4) is 0 Å². The third-order valence-electron chi connectivity index (χ3n) is 5.87. The first-order valence-corrected chi connectivity index (χ1v) is 10.5. The highest BCUT2D eigenvalue weighted by molar-refractivity contribution is 6.05. The summed E-state index contributed by atoms with van der Waals surface area (Å²) >= 11 is 0. The van der Waals surface area contributed by atoms with E-state index in [2.05, 4.69) is 16.0 Å². The number of hydrogen-bond acceptors (Lipinski definition) is 5. The lowest BCUT2D eigenvalue weighted by molar-refractivity contribution is -0.136. The summed E-state index contributed by atoms with van der Waals surface area (Å²) in [5.74, 6) is -0.969. The Kier molecular flexibility index (Phi) is 5.91. The van der Waals surface area contributed by atoms with Crippen molar-refractivity contribution >= 4 is 29.4 Å². The van der Waals surface area contributed by atoms with E-state index in [0.29, 0.717) is 30.8 Å². The van der Waals surface area contributed by atoms with Gasteiger partial charge in [0.2, 0.25) is 11.8 Å². The number of benzene rings is 2. The van der Waals surface area contributed by atoms with E-state index < -0.39 is 11.9 Å². The third kappa shape index (κ3) is 4.33. The Morgan fingerprint density at radius 3 is 2.75 bits per heavy atom. The summed E-state index contributed by atoms with van der Waals surface area (Å²) in [4.78, 5) is 50.1. The largest absolute Gasteiger partial charge is 0.334 e. The van der Waals surface area contributed by atoms with Crippen molar-refractivity contribution in [1.82, 2.24) is 15.5 Å². The van der Waals surface area contributed by atoms with Gasteiger partial charge in [0.15, 0.2) is 0 Å². The van der Waals surface area contributed by atoms with Gasteiger partial charge in [-0.3, -0.25) is 19.7 Å². The zero-order chi connectivity index (χ0) is 22.8. The maximum Gasteiger partial charge on any atom is 0.319 e. The summed E-state index contributed by atoms with van der Waals surface area (Å²) in [5, 5.41) is 7.89. The predicted molar refractivity (Wildman–Crippen MR) is 117 cm³/mol. The molecule has 1 fully saturated rings. The van der Waals surface area contributed by atoms with Crippen LogP contribution < -0.4 is 21.7 Å². The number of carbonyl (C=O) groups is 4. The summed E-state index contributed by atoms with van der Waals surface area (Å²) in [5.41, 5.74) is 10.6. The lowest BCUT2D eigenvalue weighted by atomic mass is 10.0. The lowest BCUT2D eigenvalue weighted by Crippen LogP contribution is -2.52. The summed E-state index contributed by atoms with van der Waals surface area (Å²) in [6.07, 6.45) is 0.540. The number of nitrogens with two attached hydrogens (primary N) is 1. The van der Waals surface area contributed by atoms with Crippen molar-refractivity contribution in [1.29, 1.82) is 0 Å². The van der Waals surface area contributed by atoms with Gasteiger partial charge in [-0.15, -0.1) is 0 Å². The molecule has 0 aliphatic carbocycles. The Bertz CT molecular complexity index is 1110. The Hall–Kier alpha value is -3.72. The zero-order valence-corrected chi connectivity index (χ0v) is 17.7. The first kappa shape index (κ1) is 21.5. The fourth-order valence-corrected chi connectivity index (χ4v) is 4.06. The molecule has 5 N–H and O–H groups in total. The molecule has 1 unspecified atom stereocenters. The Morgan fingerprint density at radius 2 is 2.00 bits per heavy atom. The first-order chi connectivity index (χ1) is 15.4. The molecule has 2 aliphatic heterocycles. The maximum absolute atomic E-state index is 12.8. The molecule has 0 bridgehead atoms. The van der Waals surface area contributed by atoms with Crippen molar-refractivity contribution in [2.75, 3.05) is 5.32 Å². The second kappa shape index (κ2) is 8.80. The number of urea groups is 1. The molecule has 0 saturated carbocycles. The van der Waals surface area contributed by atoms with Crippen LogP contribution in [0.15, 0.2) is 36.4 Å². The summed E-state index contributed by atoms with van der Waals surface area (Å²) in [6.45, 7) is 2.94. The van der Waals surface area contributed by atoms with Gasteiger partial charge in [-0.05, 0) is 53.8 Å². The van der Waals surface area contributed by atoms with E-state index in [0.717, 1.165) is 22.3 Å². The number of carbonyl (C=O) groups excluding carboxylic acids is 4. The van der Waals surface area contributed by atoms with Crippen molar-refractivity contribution in [3.8, 4) is 0 Å². The fourth-order valence-electron chi connectivity index (χ4n) is 4.06. The van der Waals surface area contributed by atoms with Crippen molar-refractivity contribution in [2.45, 2.75) is 45.4 Å². The molecule has 0 aromatic heterocycles. The third-order valence-corrected chi connectivity index (χ3v) is 5.87. The Balaban J connectivity index is 1.37. The summed E-state index contributed by atoms with van der Waals surface area (Å²) in [7, 11) is 0. The average molecular weight is 435 g/mol. The number of aryl methyl sites for hydroxylation is 1. The molecule has 5 amide bonds. The fraction of sp³-hybridized carbons (Fsp3) is 0.304. The number of imide groups is 1. The van der Waals surface area contributed by atoms with Crippen molar-refractivity contribution in [3.05, 3.63) is 64.2 Å². The van der Waals surface area contributed by atoms with Crippen molar-refractivity contribution in [3.63, 3.8) is 0 Å². The van der Waals surface area contributed by atoms with Crippen molar-refractivity contribution in [2.24, 2.45) is 5.73 Å². The second-order valence-electron chi connectivity index (χ2n) is 8.04. The second-order valence-corrected chi connectivity index (χ2v) is 8.04. The van der Waals surface area contributed by atoms with Gasteiger partial charge in [0.1, 0.15) is 6.04 Å². The Morgan fingerprint density at radius 1 is 1.19 bits per heavy atom. The van der Waals surface area contributed by atoms with E-state index in [-0.39, 0.29) is 30.8 Å². The number of anilines is 1. The summed E-state index contributed by atoms with van der Waals surface area (Å²) < 4.78 is 0. The highest BCUT2D eigenvalue weighted by Gasteiger charge is 2.39. The molecule has 32 heavy (non-hydrogen) atoms. The van der Waals surface area contributed by atoms with Crippen LogP contribution in [0.25, 0.3) is 0 Å². The van der Waals surface area contributed by atoms with E-state index in [1.807, 2.05) is 31.2 Å². The van der Waals surface area contributed by atoms with Crippen LogP contribution in [0.1, 0.15) is 45.5 Å². The number of piperidine rings is 1. The van der Waals surface area contributed by atoms with E-state index in [1.54, 1.807) is 12.1 Å². The monoisotopic (exact) mass is 435 g/mol. The number of nitrogens with one attached hydrogen (secondary N) is 3. The lowest BCUT2D eigenvalue weighted by Gasteiger charge is -2.29. The molecule has 2 aromatic rings. The van der Waals surface area contributed by atoms with E-state index in [1.165, 1.54) is 4.90 Å². The minimum Gasteiger partial charge on any atom is -0.334 e. The predicted octanol–water partition coefficient (Wildman–Crippen LogP) is 1.54. The zero-order valence-electron chi connectivity index (χ0n) is 17.7. The number of nitrogens with zero attached hydrogens (tertiary/aromatic N) is 1. The summed E-state index contributed by atoms with van der Waals surface area (Å²) in [6, 6.07) is 9.93. The van der Waals surface area contributed by atoms with Gasteiger partial charge in [-0.25, -0.2) is 4.79 Å². The number of amides is 5. The number of rotatable bonds is 5. The van der Waals surface area contributed by atoms with Crippen LogP contribution in [0.4, 0.5) is 10.5 Å². The maximum atomic E-state index is 12.8. The van der Waals surface area contributed by atoms with Crippen molar-refractivity contribution < 1.29 is 19.2 Å². The van der Waals surface area contributed by atoms with E-state index in [4.69, 9.17) is 5.73 Å². The van der Waals surface area contributed by atoms with Gasteiger partial charge >= 0.3 is 6.03 Å². The minimum absolute atomic E-state index is 0.217. The topological polar surface area (TPSA) is 134 Å². The highest BCUT2D eigenvalue weighted by atomic mass is 16.2. The molecule has 2 heterocycles. The SMILES string of the molecule is Cc1ccc(NC(=O)NCc2ccc3c(c2)CN(C2CCC(=O)NC2=O)C3=O)cc1CN. The van der Waals surface area contributed by atoms with Gasteiger partial charge in [0.05, 0.1) is 0 Å². The average Bonchev–Trinajstić information content (AvgIpc) is 3.09. The van der Waals surface area contributed by atoms with Crippen LogP contribution in [0.5, 0.6) is 0 Å². The van der Waals surface area contributed by atoms with Gasteiger partial charge < -0.3 is 21.3 Å². The molecule has 0 spiro atoms. The van der Waals surface area contributed by atoms with Crippen LogP contribution >= 0.6 is 0 Å². The molecule has 9 heteroatoms. The molecular formula is C23H25N5O4. The molecule has 9 nitrogen and oxygen atoms in total. The number of fused-ring (bicyclic) bond motifs is 1. The van der Waals surface area contributed by atoms with Crippen LogP contribution in [-0.4, -0.2) is 34.7 Å². The molecule has 166 valence electrons. The first-order valence-electron chi connectivity index (χ1n) is 10.5. The molecule has 2 aromatic carbocycles.